The second-order valence-corrected chi connectivity index (χ2v) is 7.91. The molecule has 0 atom stereocenters. The number of fused-ring (bicyclic) bond motifs is 1. The molecule has 0 unspecified atom stereocenters. The fourth-order valence-electron chi connectivity index (χ4n) is 3.64. The maximum Gasteiger partial charge on any atom is 0.293 e. The van der Waals surface area contributed by atoms with Crippen molar-refractivity contribution in [3.05, 3.63) is 70.5 Å². The molecule has 176 valence electrons. The number of hydrogen-bond donors (Lipinski definition) is 1. The average molecular weight is 465 g/mol. The second-order valence-electron chi connectivity index (χ2n) is 7.91. The van der Waals surface area contributed by atoms with E-state index in [1.165, 1.54) is 43.2 Å². The molecule has 10 heteroatoms. The van der Waals surface area contributed by atoms with Crippen molar-refractivity contribution in [3.8, 4) is 17.2 Å². The van der Waals surface area contributed by atoms with Crippen molar-refractivity contribution < 1.29 is 18.7 Å². The zero-order valence-corrected chi connectivity index (χ0v) is 19.2. The van der Waals surface area contributed by atoms with Crippen LogP contribution in [0.1, 0.15) is 25.5 Å². The highest BCUT2D eigenvalue weighted by atomic mass is 19.1. The van der Waals surface area contributed by atoms with Crippen LogP contribution in [0.4, 0.5) is 10.1 Å². The summed E-state index contributed by atoms with van der Waals surface area (Å²) in [6.07, 6.45) is 1.56. The molecule has 1 N–H and O–H groups in total. The van der Waals surface area contributed by atoms with Crippen molar-refractivity contribution >= 4 is 22.5 Å². The second kappa shape index (κ2) is 9.34. The number of anilines is 1. The van der Waals surface area contributed by atoms with Crippen LogP contribution in [0.5, 0.6) is 11.5 Å². The van der Waals surface area contributed by atoms with Crippen molar-refractivity contribution in [3.63, 3.8) is 0 Å². The summed E-state index contributed by atoms with van der Waals surface area (Å²) in [5.74, 6) is 0.0804. The van der Waals surface area contributed by atoms with E-state index in [9.17, 15) is 14.0 Å². The van der Waals surface area contributed by atoms with Gasteiger partial charge in [0, 0.05) is 11.5 Å². The van der Waals surface area contributed by atoms with E-state index in [1.54, 1.807) is 24.4 Å². The summed E-state index contributed by atoms with van der Waals surface area (Å²) in [5, 5.41) is 12.1. The topological polar surface area (TPSA) is 100 Å². The standard InChI is InChI=1S/C24H24FN5O4/c1-14(2)22-18-12-26-30(16-7-5-15(25)6-8-16)23(18)24(32)29(28-22)13-21(31)27-19-11-17(33-3)9-10-20(19)34-4/h5-12,14H,13H2,1-4H3,(H,27,31). The zero-order valence-electron chi connectivity index (χ0n) is 19.2. The lowest BCUT2D eigenvalue weighted by Crippen LogP contribution is -2.31. The van der Waals surface area contributed by atoms with Crippen LogP contribution in [0.25, 0.3) is 16.6 Å². The van der Waals surface area contributed by atoms with E-state index in [1.807, 2.05) is 13.8 Å². The minimum atomic E-state index is -0.492. The number of amides is 1. The van der Waals surface area contributed by atoms with Crippen LogP contribution in [0.2, 0.25) is 0 Å². The minimum absolute atomic E-state index is 0.0400. The molecule has 0 aliphatic rings. The van der Waals surface area contributed by atoms with Gasteiger partial charge in [0.1, 0.15) is 29.4 Å². The number of methoxy groups -OCH3 is 2. The molecule has 9 nitrogen and oxygen atoms in total. The van der Waals surface area contributed by atoms with Gasteiger partial charge in [0.25, 0.3) is 5.56 Å². The molecule has 4 aromatic rings. The van der Waals surface area contributed by atoms with Crippen LogP contribution < -0.4 is 20.3 Å². The first-order valence-corrected chi connectivity index (χ1v) is 10.6. The summed E-state index contributed by atoms with van der Waals surface area (Å²) in [4.78, 5) is 26.3. The first kappa shape index (κ1) is 23.0. The Balaban J connectivity index is 1.75. The van der Waals surface area contributed by atoms with Gasteiger partial charge in [0.05, 0.1) is 37.5 Å². The third-order valence-electron chi connectivity index (χ3n) is 5.30. The fraction of sp³-hybridized carbons (Fsp3) is 0.250. The summed E-state index contributed by atoms with van der Waals surface area (Å²) in [5.41, 5.74) is 1.31. The van der Waals surface area contributed by atoms with Gasteiger partial charge in [-0.2, -0.15) is 10.2 Å². The molecule has 2 heterocycles. The van der Waals surface area contributed by atoms with Crippen LogP contribution in [-0.2, 0) is 11.3 Å². The number of nitrogens with one attached hydrogen (secondary N) is 1. The molecule has 0 aliphatic carbocycles. The van der Waals surface area contributed by atoms with E-state index in [0.717, 1.165) is 4.68 Å². The Morgan fingerprint density at radius 3 is 2.50 bits per heavy atom. The van der Waals surface area contributed by atoms with Gasteiger partial charge in [-0.15, -0.1) is 0 Å². The smallest absolute Gasteiger partial charge is 0.293 e. The number of ether oxygens (including phenoxy) is 2. The van der Waals surface area contributed by atoms with Crippen molar-refractivity contribution in [1.29, 1.82) is 0 Å². The Bertz CT molecular complexity index is 1410. The Kier molecular flexibility index (Phi) is 6.31. The van der Waals surface area contributed by atoms with Gasteiger partial charge in [0.15, 0.2) is 0 Å². The molecular weight excluding hydrogens is 441 g/mol. The number of rotatable bonds is 7. The van der Waals surface area contributed by atoms with E-state index in [0.29, 0.717) is 34.0 Å². The maximum absolute atomic E-state index is 13.4. The molecule has 0 saturated carbocycles. The van der Waals surface area contributed by atoms with E-state index in [2.05, 4.69) is 15.5 Å². The molecule has 0 spiro atoms. The highest BCUT2D eigenvalue weighted by Crippen LogP contribution is 2.29. The number of nitrogens with zero attached hydrogens (tertiary/aromatic N) is 4. The summed E-state index contributed by atoms with van der Waals surface area (Å²) >= 11 is 0. The molecular formula is C24H24FN5O4. The van der Waals surface area contributed by atoms with Crippen molar-refractivity contribution in [2.24, 2.45) is 0 Å². The zero-order chi connectivity index (χ0) is 24.4. The van der Waals surface area contributed by atoms with Gasteiger partial charge in [0.2, 0.25) is 5.91 Å². The lowest BCUT2D eigenvalue weighted by Gasteiger charge is -2.14. The number of aromatic nitrogens is 4. The van der Waals surface area contributed by atoms with E-state index in [-0.39, 0.29) is 18.0 Å². The third kappa shape index (κ3) is 4.34. The average Bonchev–Trinajstić information content (AvgIpc) is 3.26. The Morgan fingerprint density at radius 2 is 1.85 bits per heavy atom. The molecule has 0 fully saturated rings. The van der Waals surface area contributed by atoms with E-state index < -0.39 is 17.3 Å². The number of halogens is 1. The van der Waals surface area contributed by atoms with Crippen LogP contribution in [0, 0.1) is 5.82 Å². The van der Waals surface area contributed by atoms with Gasteiger partial charge in [-0.05, 0) is 42.3 Å². The predicted octanol–water partition coefficient (Wildman–Crippen LogP) is 3.50. The number of benzene rings is 2. The highest BCUT2D eigenvalue weighted by molar-refractivity contribution is 5.92. The third-order valence-corrected chi connectivity index (χ3v) is 5.30. The first-order chi connectivity index (χ1) is 16.3. The van der Waals surface area contributed by atoms with Crippen LogP contribution >= 0.6 is 0 Å². The van der Waals surface area contributed by atoms with Gasteiger partial charge in [-0.3, -0.25) is 9.59 Å². The summed E-state index contributed by atoms with van der Waals surface area (Å²) < 4.78 is 26.5. The first-order valence-electron chi connectivity index (χ1n) is 10.6. The van der Waals surface area contributed by atoms with E-state index >= 15 is 0 Å². The van der Waals surface area contributed by atoms with Gasteiger partial charge < -0.3 is 14.8 Å². The molecule has 0 saturated heterocycles. The molecule has 34 heavy (non-hydrogen) atoms. The Labute approximate surface area is 194 Å². The monoisotopic (exact) mass is 465 g/mol. The summed E-state index contributed by atoms with van der Waals surface area (Å²) in [7, 11) is 3.01. The summed E-state index contributed by atoms with van der Waals surface area (Å²) in [6.45, 7) is 3.55. The highest BCUT2D eigenvalue weighted by Gasteiger charge is 2.20. The van der Waals surface area contributed by atoms with Gasteiger partial charge in [-0.1, -0.05) is 13.8 Å². The van der Waals surface area contributed by atoms with Gasteiger partial charge in [-0.25, -0.2) is 13.8 Å². The Hall–Kier alpha value is -4.21. The SMILES string of the molecule is COc1ccc(OC)c(NC(=O)Cn2nc(C(C)C)c3cnn(-c4ccc(F)cc4)c3c2=O)c1. The molecule has 4 rings (SSSR count). The minimum Gasteiger partial charge on any atom is -0.497 e. The molecule has 2 aromatic heterocycles. The molecule has 0 aliphatic heterocycles. The lowest BCUT2D eigenvalue weighted by atomic mass is 10.1. The van der Waals surface area contributed by atoms with E-state index in [4.69, 9.17) is 9.47 Å². The summed E-state index contributed by atoms with van der Waals surface area (Å²) in [6, 6.07) is 10.6. The fourth-order valence-corrected chi connectivity index (χ4v) is 3.64. The normalized spacial score (nSPS) is 11.1. The number of carbonyl (C=O) groups is 1. The molecule has 0 radical (unpaired) electrons. The van der Waals surface area contributed by atoms with Crippen LogP contribution in [0.3, 0.4) is 0 Å². The Morgan fingerprint density at radius 1 is 1.12 bits per heavy atom. The predicted molar refractivity (Wildman–Crippen MR) is 125 cm³/mol. The maximum atomic E-state index is 13.4. The molecule has 1 amide bonds. The number of hydrogen-bond acceptors (Lipinski definition) is 6. The lowest BCUT2D eigenvalue weighted by molar-refractivity contribution is -0.117. The van der Waals surface area contributed by atoms with Crippen LogP contribution in [-0.4, -0.2) is 39.7 Å². The largest absolute Gasteiger partial charge is 0.497 e. The van der Waals surface area contributed by atoms with Crippen molar-refractivity contribution in [2.45, 2.75) is 26.3 Å². The quantitative estimate of drug-likeness (QED) is 0.448. The van der Waals surface area contributed by atoms with Crippen LogP contribution in [0.15, 0.2) is 53.5 Å². The van der Waals surface area contributed by atoms with Crippen molar-refractivity contribution in [1.82, 2.24) is 19.6 Å². The number of carbonyl (C=O) groups excluding carboxylic acids is 1. The molecule has 2 aromatic carbocycles. The van der Waals surface area contributed by atoms with Crippen molar-refractivity contribution in [2.75, 3.05) is 19.5 Å². The van der Waals surface area contributed by atoms with Gasteiger partial charge >= 0.3 is 0 Å². The molecule has 0 bridgehead atoms.